The number of phosphoric ester groups is 1. The standard InChI is InChI=1S/C48H74NO11P/c1-3-5-7-9-11-12-13-14-15-16-17-18-19-20-21-22-25-29-33-37-46(50)56-39-42(40-57-61(54,55)58-41-43(49)48(52)53)59-47(51)38-34-30-26-23-24-28-32-36-45-44(60-45)35-31-27-10-8-6-4-2/h5,7,11-12,14-15,17-18,20-21,23,25-29,31-32,42-45H,3-4,6,8-10,13,16,19,22,24,30,33-41,49H2,1-2H3,(H,52,53)(H,54,55)/b7-5-,12-11-,15-14-,18-17-,21-20-,26-23-,29-25-,31-27-,32-28-/t42-,43+,44?,45?/m1/s1. The van der Waals surface area contributed by atoms with Crippen LogP contribution in [-0.4, -0.2) is 72.1 Å². The number of rotatable bonds is 38. The normalized spacial score (nSPS) is 18.0. The third-order valence-electron chi connectivity index (χ3n) is 8.92. The minimum atomic E-state index is -4.76. The number of carboxylic acids is 1. The molecule has 0 amide bonds. The predicted octanol–water partition coefficient (Wildman–Crippen LogP) is 10.8. The van der Waals surface area contributed by atoms with Crippen molar-refractivity contribution in [2.45, 2.75) is 154 Å². The average Bonchev–Trinajstić information content (AvgIpc) is 3.99. The van der Waals surface area contributed by atoms with Crippen molar-refractivity contribution in [3.63, 3.8) is 0 Å². The fourth-order valence-corrected chi connectivity index (χ4v) is 6.14. The first-order chi connectivity index (χ1) is 29.6. The lowest BCUT2D eigenvalue weighted by Crippen LogP contribution is -2.34. The van der Waals surface area contributed by atoms with Crippen LogP contribution in [0.4, 0.5) is 0 Å². The van der Waals surface area contributed by atoms with E-state index >= 15 is 0 Å². The van der Waals surface area contributed by atoms with Gasteiger partial charge in [0, 0.05) is 12.8 Å². The van der Waals surface area contributed by atoms with E-state index in [1.807, 2.05) is 24.3 Å². The number of aliphatic carboxylic acids is 1. The number of allylic oxidation sites excluding steroid dienone is 16. The van der Waals surface area contributed by atoms with Crippen LogP contribution < -0.4 is 5.73 Å². The van der Waals surface area contributed by atoms with Gasteiger partial charge in [0.15, 0.2) is 6.10 Å². The molecule has 0 radical (unpaired) electrons. The molecule has 0 aliphatic carbocycles. The SMILES string of the molecule is CC/C=C\C/C=C\C/C=C\C/C=C\C/C=C\C/C=C\CCC(=O)OC[C@H](COP(=O)(O)OC[C@H](N)C(=O)O)OC(=O)CCC/C=C\C/C=C\CC1OC1C/C=C\CCCCC. The summed E-state index contributed by atoms with van der Waals surface area (Å²) in [5.41, 5.74) is 5.33. The molecule has 1 fully saturated rings. The smallest absolute Gasteiger partial charge is 0.472 e. The molecule has 4 N–H and O–H groups in total. The Balaban J connectivity index is 2.39. The summed E-state index contributed by atoms with van der Waals surface area (Å²) < 4.78 is 38.3. The van der Waals surface area contributed by atoms with E-state index < -0.39 is 57.7 Å². The molecule has 3 unspecified atom stereocenters. The highest BCUT2D eigenvalue weighted by Crippen LogP contribution is 2.43. The maximum absolute atomic E-state index is 12.6. The average molecular weight is 872 g/mol. The van der Waals surface area contributed by atoms with Crippen LogP contribution >= 0.6 is 7.82 Å². The number of esters is 2. The Morgan fingerprint density at radius 1 is 0.607 bits per heavy atom. The van der Waals surface area contributed by atoms with E-state index in [-0.39, 0.29) is 12.8 Å². The first-order valence-corrected chi connectivity index (χ1v) is 23.5. The van der Waals surface area contributed by atoms with Crippen LogP contribution in [0.5, 0.6) is 0 Å². The molecular formula is C48H74NO11P. The fourth-order valence-electron chi connectivity index (χ4n) is 5.36. The number of hydrogen-bond donors (Lipinski definition) is 3. The van der Waals surface area contributed by atoms with E-state index in [4.69, 9.17) is 29.6 Å². The van der Waals surface area contributed by atoms with Crippen molar-refractivity contribution in [2.24, 2.45) is 5.73 Å². The van der Waals surface area contributed by atoms with Gasteiger partial charge < -0.3 is 29.9 Å². The zero-order valence-electron chi connectivity index (χ0n) is 36.6. The van der Waals surface area contributed by atoms with E-state index in [0.717, 1.165) is 64.2 Å². The number of carbonyl (C=O) groups is 3. The number of hydrogen-bond acceptors (Lipinski definition) is 10. The molecule has 1 aliphatic heterocycles. The highest BCUT2D eigenvalue weighted by atomic mass is 31.2. The van der Waals surface area contributed by atoms with Gasteiger partial charge in [0.1, 0.15) is 12.6 Å². The molecule has 0 aromatic rings. The number of phosphoric acid groups is 1. The van der Waals surface area contributed by atoms with Gasteiger partial charge in [-0.25, -0.2) is 4.57 Å². The molecule has 61 heavy (non-hydrogen) atoms. The number of ether oxygens (including phenoxy) is 3. The first-order valence-electron chi connectivity index (χ1n) is 22.0. The van der Waals surface area contributed by atoms with Crippen molar-refractivity contribution < 1.29 is 52.2 Å². The molecule has 0 aromatic carbocycles. The lowest BCUT2D eigenvalue weighted by Gasteiger charge is -2.20. The summed E-state index contributed by atoms with van der Waals surface area (Å²) in [4.78, 5) is 46.0. The predicted molar refractivity (Wildman–Crippen MR) is 244 cm³/mol. The van der Waals surface area contributed by atoms with Crippen LogP contribution in [0.15, 0.2) is 109 Å². The molecular weight excluding hydrogens is 797 g/mol. The second kappa shape index (κ2) is 37.8. The first kappa shape index (κ1) is 55.1. The van der Waals surface area contributed by atoms with Gasteiger partial charge in [-0.15, -0.1) is 0 Å². The van der Waals surface area contributed by atoms with E-state index in [1.54, 1.807) is 0 Å². The van der Waals surface area contributed by atoms with Gasteiger partial charge in [-0.05, 0) is 89.9 Å². The van der Waals surface area contributed by atoms with Crippen LogP contribution in [0.2, 0.25) is 0 Å². The summed E-state index contributed by atoms with van der Waals surface area (Å²) in [7, 11) is -4.76. The summed E-state index contributed by atoms with van der Waals surface area (Å²) >= 11 is 0. The van der Waals surface area contributed by atoms with Crippen molar-refractivity contribution in [3.05, 3.63) is 109 Å². The number of unbranched alkanes of at least 4 members (excludes halogenated alkanes) is 4. The van der Waals surface area contributed by atoms with Crippen molar-refractivity contribution in [1.82, 2.24) is 0 Å². The Kier molecular flexibility index (Phi) is 34.2. The van der Waals surface area contributed by atoms with Crippen LogP contribution in [0, 0.1) is 0 Å². The molecule has 1 rings (SSSR count). The van der Waals surface area contributed by atoms with Crippen LogP contribution in [0.25, 0.3) is 0 Å². The second-order valence-corrected chi connectivity index (χ2v) is 15.9. The molecule has 0 saturated carbocycles. The third kappa shape index (κ3) is 35.4. The Morgan fingerprint density at radius 3 is 1.64 bits per heavy atom. The maximum Gasteiger partial charge on any atom is 0.472 e. The van der Waals surface area contributed by atoms with Gasteiger partial charge in [-0.1, -0.05) is 136 Å². The minimum Gasteiger partial charge on any atom is -0.480 e. The Bertz CT molecular complexity index is 1510. The highest BCUT2D eigenvalue weighted by Gasteiger charge is 2.36. The number of carboxylic acid groups (broad SMARTS) is 1. The Hall–Kier alpha value is -3.90. The number of epoxide rings is 1. The van der Waals surface area contributed by atoms with Crippen LogP contribution in [-0.2, 0) is 42.2 Å². The van der Waals surface area contributed by atoms with E-state index in [1.165, 1.54) is 19.3 Å². The zero-order chi connectivity index (χ0) is 44.7. The highest BCUT2D eigenvalue weighted by molar-refractivity contribution is 7.47. The topological polar surface area (TPSA) is 184 Å². The summed E-state index contributed by atoms with van der Waals surface area (Å²) in [5, 5.41) is 8.90. The molecule has 1 aliphatic rings. The van der Waals surface area contributed by atoms with Crippen molar-refractivity contribution in [2.75, 3.05) is 19.8 Å². The van der Waals surface area contributed by atoms with E-state index in [0.29, 0.717) is 31.5 Å². The lowest BCUT2D eigenvalue weighted by molar-refractivity contribution is -0.161. The molecule has 1 saturated heterocycles. The van der Waals surface area contributed by atoms with Crippen LogP contribution in [0.1, 0.15) is 129 Å². The van der Waals surface area contributed by atoms with E-state index in [2.05, 4.69) is 103 Å². The Morgan fingerprint density at radius 2 is 1.08 bits per heavy atom. The van der Waals surface area contributed by atoms with E-state index in [9.17, 15) is 23.8 Å². The van der Waals surface area contributed by atoms with Gasteiger partial charge in [0.25, 0.3) is 0 Å². The minimum absolute atomic E-state index is 0.0571. The van der Waals surface area contributed by atoms with Crippen molar-refractivity contribution in [3.8, 4) is 0 Å². The van der Waals surface area contributed by atoms with Gasteiger partial charge >= 0.3 is 25.7 Å². The quantitative estimate of drug-likeness (QED) is 0.0176. The summed E-state index contributed by atoms with van der Waals surface area (Å²) in [5.74, 6) is -2.58. The molecule has 342 valence electrons. The van der Waals surface area contributed by atoms with Crippen LogP contribution in [0.3, 0.4) is 0 Å². The Labute approximate surface area is 365 Å². The van der Waals surface area contributed by atoms with Crippen molar-refractivity contribution in [1.29, 1.82) is 0 Å². The molecule has 13 heteroatoms. The number of carbonyl (C=O) groups excluding carboxylic acids is 2. The monoisotopic (exact) mass is 871 g/mol. The maximum atomic E-state index is 12.6. The fraction of sp³-hybridized carbons (Fsp3) is 0.562. The second-order valence-electron chi connectivity index (χ2n) is 14.5. The zero-order valence-corrected chi connectivity index (χ0v) is 37.5. The molecule has 5 atom stereocenters. The van der Waals surface area contributed by atoms with Gasteiger partial charge in [-0.2, -0.15) is 0 Å². The summed E-state index contributed by atoms with van der Waals surface area (Å²) in [6, 6.07) is -1.55. The van der Waals surface area contributed by atoms with Gasteiger partial charge in [0.05, 0.1) is 25.4 Å². The largest absolute Gasteiger partial charge is 0.480 e. The summed E-state index contributed by atoms with van der Waals surface area (Å²) in [6.45, 7) is 2.49. The molecule has 0 aromatic heterocycles. The molecule has 0 bridgehead atoms. The molecule has 12 nitrogen and oxygen atoms in total. The summed E-state index contributed by atoms with van der Waals surface area (Å²) in [6.07, 6.45) is 52.0. The molecule has 0 spiro atoms. The molecule has 1 heterocycles. The lowest BCUT2D eigenvalue weighted by atomic mass is 10.1. The van der Waals surface area contributed by atoms with Gasteiger partial charge in [0.2, 0.25) is 0 Å². The van der Waals surface area contributed by atoms with Crippen molar-refractivity contribution >= 4 is 25.7 Å². The number of nitrogens with two attached hydrogens (primary N) is 1. The van der Waals surface area contributed by atoms with Gasteiger partial charge in [-0.3, -0.25) is 23.4 Å². The third-order valence-corrected chi connectivity index (χ3v) is 9.87.